The van der Waals surface area contributed by atoms with Crippen molar-refractivity contribution in [2.75, 3.05) is 0 Å². The zero-order chi connectivity index (χ0) is 12.5. The fourth-order valence-electron chi connectivity index (χ4n) is 1.93. The van der Waals surface area contributed by atoms with Crippen LogP contribution in [-0.2, 0) is 0 Å². The van der Waals surface area contributed by atoms with E-state index < -0.39 is 0 Å². The minimum atomic E-state index is -0.360. The summed E-state index contributed by atoms with van der Waals surface area (Å²) in [4.78, 5) is 4.25. The first-order valence-electron chi connectivity index (χ1n) is 5.43. The van der Waals surface area contributed by atoms with Gasteiger partial charge in [-0.15, -0.1) is 0 Å². The number of halogens is 1. The molecule has 4 heteroatoms. The standard InChI is InChI=1S/C14H8FN3/c15-11-6-7-13-12(8-16)17-14(18(13)9-11)10-4-2-1-3-5-10/h1-7,9H. The highest BCUT2D eigenvalue weighted by Gasteiger charge is 2.12. The van der Waals surface area contributed by atoms with Gasteiger partial charge in [-0.2, -0.15) is 5.26 Å². The molecule has 0 fully saturated rings. The number of nitrogens with zero attached hydrogens (tertiary/aromatic N) is 3. The van der Waals surface area contributed by atoms with Crippen LogP contribution in [-0.4, -0.2) is 9.38 Å². The third kappa shape index (κ3) is 1.54. The van der Waals surface area contributed by atoms with Crippen LogP contribution in [0.5, 0.6) is 0 Å². The second-order valence-electron chi connectivity index (χ2n) is 3.86. The Balaban J connectivity index is 2.37. The summed E-state index contributed by atoms with van der Waals surface area (Å²) in [6.07, 6.45) is 1.34. The van der Waals surface area contributed by atoms with Crippen molar-refractivity contribution in [1.82, 2.24) is 9.38 Å². The zero-order valence-corrected chi connectivity index (χ0v) is 9.34. The normalized spacial score (nSPS) is 10.4. The van der Waals surface area contributed by atoms with Gasteiger partial charge in [0.05, 0.1) is 5.52 Å². The van der Waals surface area contributed by atoms with Gasteiger partial charge in [-0.05, 0) is 12.1 Å². The average Bonchev–Trinajstić information content (AvgIpc) is 2.77. The van der Waals surface area contributed by atoms with Crippen molar-refractivity contribution < 1.29 is 4.39 Å². The van der Waals surface area contributed by atoms with E-state index in [0.717, 1.165) is 5.56 Å². The molecule has 0 atom stereocenters. The van der Waals surface area contributed by atoms with Gasteiger partial charge in [-0.1, -0.05) is 30.3 Å². The van der Waals surface area contributed by atoms with Gasteiger partial charge in [0.1, 0.15) is 17.7 Å². The molecule has 1 aromatic carbocycles. The quantitative estimate of drug-likeness (QED) is 0.652. The number of hydrogen-bond donors (Lipinski definition) is 0. The van der Waals surface area contributed by atoms with Crippen LogP contribution in [0.2, 0.25) is 0 Å². The predicted molar refractivity (Wildman–Crippen MR) is 65.3 cm³/mol. The summed E-state index contributed by atoms with van der Waals surface area (Å²) < 4.78 is 14.9. The van der Waals surface area contributed by atoms with E-state index in [-0.39, 0.29) is 5.82 Å². The van der Waals surface area contributed by atoms with E-state index in [1.165, 1.54) is 12.3 Å². The van der Waals surface area contributed by atoms with E-state index in [2.05, 4.69) is 4.98 Å². The van der Waals surface area contributed by atoms with E-state index in [1.54, 1.807) is 10.5 Å². The van der Waals surface area contributed by atoms with Gasteiger partial charge in [-0.3, -0.25) is 4.40 Å². The number of imidazole rings is 1. The Morgan fingerprint density at radius 1 is 1.11 bits per heavy atom. The first-order valence-corrected chi connectivity index (χ1v) is 5.43. The van der Waals surface area contributed by atoms with Gasteiger partial charge >= 0.3 is 0 Å². The molecule has 0 radical (unpaired) electrons. The molecule has 0 aliphatic carbocycles. The Bertz CT molecular complexity index is 754. The monoisotopic (exact) mass is 237 g/mol. The first-order chi connectivity index (χ1) is 8.79. The third-order valence-electron chi connectivity index (χ3n) is 2.74. The van der Waals surface area contributed by atoms with E-state index >= 15 is 0 Å². The molecule has 2 heterocycles. The highest BCUT2D eigenvalue weighted by molar-refractivity contribution is 5.68. The smallest absolute Gasteiger partial charge is 0.166 e. The lowest BCUT2D eigenvalue weighted by molar-refractivity contribution is 0.619. The summed E-state index contributed by atoms with van der Waals surface area (Å²) in [6.45, 7) is 0. The van der Waals surface area contributed by atoms with Crippen LogP contribution in [0, 0.1) is 17.1 Å². The van der Waals surface area contributed by atoms with E-state index in [4.69, 9.17) is 5.26 Å². The number of pyridine rings is 1. The number of hydrogen-bond acceptors (Lipinski definition) is 2. The number of aromatic nitrogens is 2. The lowest BCUT2D eigenvalue weighted by Gasteiger charge is -2.00. The Morgan fingerprint density at radius 2 is 1.89 bits per heavy atom. The molecule has 0 unspecified atom stereocenters. The van der Waals surface area contributed by atoms with E-state index in [9.17, 15) is 4.39 Å². The fraction of sp³-hybridized carbons (Fsp3) is 0. The minimum Gasteiger partial charge on any atom is -0.295 e. The molecular formula is C14H8FN3. The van der Waals surface area contributed by atoms with Crippen LogP contribution in [0.1, 0.15) is 5.69 Å². The molecule has 0 aliphatic heterocycles. The van der Waals surface area contributed by atoms with Crippen molar-refractivity contribution in [1.29, 1.82) is 5.26 Å². The molecule has 0 spiro atoms. The lowest BCUT2D eigenvalue weighted by atomic mass is 10.2. The maximum Gasteiger partial charge on any atom is 0.166 e. The molecule has 18 heavy (non-hydrogen) atoms. The van der Waals surface area contributed by atoms with Crippen molar-refractivity contribution in [2.45, 2.75) is 0 Å². The van der Waals surface area contributed by atoms with Crippen molar-refractivity contribution in [3.63, 3.8) is 0 Å². The van der Waals surface area contributed by atoms with Crippen LogP contribution < -0.4 is 0 Å². The summed E-state index contributed by atoms with van der Waals surface area (Å²) >= 11 is 0. The molecule has 3 rings (SSSR count). The van der Waals surface area contributed by atoms with Gasteiger partial charge in [0.25, 0.3) is 0 Å². The minimum absolute atomic E-state index is 0.300. The first kappa shape index (κ1) is 10.5. The Kier molecular flexibility index (Phi) is 2.31. The second-order valence-corrected chi connectivity index (χ2v) is 3.86. The van der Waals surface area contributed by atoms with Crippen molar-refractivity contribution in [2.24, 2.45) is 0 Å². The largest absolute Gasteiger partial charge is 0.295 e. The molecule has 2 aromatic heterocycles. The highest BCUT2D eigenvalue weighted by atomic mass is 19.1. The van der Waals surface area contributed by atoms with Crippen LogP contribution in [0.3, 0.4) is 0 Å². The van der Waals surface area contributed by atoms with Crippen LogP contribution in [0.25, 0.3) is 16.9 Å². The van der Waals surface area contributed by atoms with Gasteiger partial charge in [0.2, 0.25) is 0 Å². The topological polar surface area (TPSA) is 41.1 Å². The van der Waals surface area contributed by atoms with Crippen LogP contribution in [0.4, 0.5) is 4.39 Å². The molecule has 0 bridgehead atoms. The molecular weight excluding hydrogens is 229 g/mol. The second kappa shape index (κ2) is 3.97. The molecule has 0 saturated heterocycles. The van der Waals surface area contributed by atoms with E-state index in [1.807, 2.05) is 36.4 Å². The number of rotatable bonds is 1. The van der Waals surface area contributed by atoms with Gasteiger partial charge in [-0.25, -0.2) is 9.37 Å². The van der Waals surface area contributed by atoms with Crippen molar-refractivity contribution >= 4 is 5.52 Å². The molecule has 0 saturated carbocycles. The fourth-order valence-corrected chi connectivity index (χ4v) is 1.93. The number of fused-ring (bicyclic) bond motifs is 1. The van der Waals surface area contributed by atoms with Crippen LogP contribution in [0.15, 0.2) is 48.7 Å². The summed E-state index contributed by atoms with van der Waals surface area (Å²) in [5.74, 6) is 0.211. The lowest BCUT2D eigenvalue weighted by Crippen LogP contribution is -1.90. The summed E-state index contributed by atoms with van der Waals surface area (Å²) in [6, 6.07) is 14.3. The Labute approximate surface area is 103 Å². The van der Waals surface area contributed by atoms with Crippen molar-refractivity contribution in [3.8, 4) is 17.5 Å². The summed E-state index contributed by atoms with van der Waals surface area (Å²) in [5.41, 5.74) is 1.76. The summed E-state index contributed by atoms with van der Waals surface area (Å²) in [7, 11) is 0. The Morgan fingerprint density at radius 3 is 2.61 bits per heavy atom. The predicted octanol–water partition coefficient (Wildman–Crippen LogP) is 3.01. The highest BCUT2D eigenvalue weighted by Crippen LogP contribution is 2.22. The molecule has 0 N–H and O–H groups in total. The van der Waals surface area contributed by atoms with Gasteiger partial charge in [0.15, 0.2) is 5.69 Å². The number of benzene rings is 1. The molecule has 3 nitrogen and oxygen atoms in total. The molecule has 3 aromatic rings. The zero-order valence-electron chi connectivity index (χ0n) is 9.34. The van der Waals surface area contributed by atoms with Crippen LogP contribution >= 0.6 is 0 Å². The third-order valence-corrected chi connectivity index (χ3v) is 2.74. The van der Waals surface area contributed by atoms with Crippen molar-refractivity contribution in [3.05, 3.63) is 60.2 Å². The van der Waals surface area contributed by atoms with Gasteiger partial charge < -0.3 is 0 Å². The van der Waals surface area contributed by atoms with Gasteiger partial charge in [0, 0.05) is 11.8 Å². The number of nitriles is 1. The summed E-state index contributed by atoms with van der Waals surface area (Å²) in [5, 5.41) is 9.05. The average molecular weight is 237 g/mol. The maximum absolute atomic E-state index is 13.3. The SMILES string of the molecule is N#Cc1nc(-c2ccccc2)n2cc(F)ccc12. The Hall–Kier alpha value is -2.67. The molecule has 86 valence electrons. The van der Waals surface area contributed by atoms with E-state index in [0.29, 0.717) is 17.0 Å². The molecule has 0 amide bonds. The molecule has 0 aliphatic rings. The maximum atomic E-state index is 13.3.